The van der Waals surface area contributed by atoms with Crippen LogP contribution in [0.1, 0.15) is 323 Å². The first-order chi connectivity index (χ1) is 38.5. The standard InChI is InChI=1S/C72H124O6/c1-4-7-10-13-16-19-22-25-28-31-33-35-36-38-39-41-44-47-50-53-56-59-62-65-71(74)77-68-69(67-76-70(73)64-61-58-55-52-49-46-43-30-27-24-21-18-15-12-9-6-3)78-72(75)66-63-60-57-54-51-48-45-42-40-37-34-32-29-26-23-20-17-14-11-8-5-2/h7-8,10-11,16-17,19-20,25-26,28-29,33-35,37,69H,4-6,9,12-15,18,21-24,27,30-32,36,38-68H2,1-3H3/b10-7-,11-8-,19-16-,20-17-,28-25-,29-26-,35-33-,37-34-. The predicted octanol–water partition coefficient (Wildman–Crippen LogP) is 22.8. The molecule has 0 saturated heterocycles. The smallest absolute Gasteiger partial charge is 0.306 e. The van der Waals surface area contributed by atoms with Crippen LogP contribution in [0.15, 0.2) is 97.2 Å². The van der Waals surface area contributed by atoms with Gasteiger partial charge in [-0.25, -0.2) is 0 Å². The molecule has 78 heavy (non-hydrogen) atoms. The van der Waals surface area contributed by atoms with E-state index in [4.69, 9.17) is 14.2 Å². The first-order valence-corrected chi connectivity index (χ1v) is 33.2. The molecule has 0 heterocycles. The van der Waals surface area contributed by atoms with Crippen LogP contribution in [0, 0.1) is 0 Å². The zero-order valence-electron chi connectivity index (χ0n) is 51.4. The van der Waals surface area contributed by atoms with Crippen molar-refractivity contribution in [3.05, 3.63) is 97.2 Å². The number of esters is 3. The molecule has 0 aliphatic rings. The third-order valence-corrected chi connectivity index (χ3v) is 14.3. The van der Waals surface area contributed by atoms with Crippen LogP contribution in [-0.2, 0) is 28.6 Å². The summed E-state index contributed by atoms with van der Waals surface area (Å²) in [5, 5.41) is 0. The van der Waals surface area contributed by atoms with Gasteiger partial charge in [-0.1, -0.05) is 304 Å². The molecule has 6 heteroatoms. The monoisotopic (exact) mass is 1080 g/mol. The Bertz CT molecular complexity index is 1530. The average molecular weight is 1090 g/mol. The molecule has 0 amide bonds. The molecule has 0 radical (unpaired) electrons. The molecule has 0 saturated carbocycles. The minimum Gasteiger partial charge on any atom is -0.462 e. The van der Waals surface area contributed by atoms with Gasteiger partial charge in [0, 0.05) is 19.3 Å². The van der Waals surface area contributed by atoms with Crippen molar-refractivity contribution >= 4 is 17.9 Å². The molecule has 0 N–H and O–H groups in total. The summed E-state index contributed by atoms with van der Waals surface area (Å²) < 4.78 is 17.0. The first kappa shape index (κ1) is 74.3. The van der Waals surface area contributed by atoms with Crippen molar-refractivity contribution in [1.29, 1.82) is 0 Å². The molecular weight excluding hydrogens is 961 g/mol. The van der Waals surface area contributed by atoms with E-state index < -0.39 is 6.10 Å². The van der Waals surface area contributed by atoms with E-state index in [1.54, 1.807) is 0 Å². The van der Waals surface area contributed by atoms with E-state index in [2.05, 4.69) is 118 Å². The molecular formula is C72H124O6. The van der Waals surface area contributed by atoms with Gasteiger partial charge in [-0.3, -0.25) is 14.4 Å². The van der Waals surface area contributed by atoms with Crippen molar-refractivity contribution in [3.8, 4) is 0 Å². The number of carbonyl (C=O) groups is 3. The second-order valence-corrected chi connectivity index (χ2v) is 22.0. The van der Waals surface area contributed by atoms with E-state index >= 15 is 0 Å². The lowest BCUT2D eigenvalue weighted by Crippen LogP contribution is -2.30. The fourth-order valence-electron chi connectivity index (χ4n) is 9.43. The fraction of sp³-hybridized carbons (Fsp3) is 0.736. The minimum absolute atomic E-state index is 0.0791. The van der Waals surface area contributed by atoms with Gasteiger partial charge in [-0.05, 0) is 96.3 Å². The Morgan fingerprint density at radius 2 is 0.500 bits per heavy atom. The number of hydrogen-bond acceptors (Lipinski definition) is 6. The highest BCUT2D eigenvalue weighted by atomic mass is 16.6. The van der Waals surface area contributed by atoms with Crippen molar-refractivity contribution in [2.45, 2.75) is 329 Å². The summed E-state index contributed by atoms with van der Waals surface area (Å²) in [5.74, 6) is -0.877. The molecule has 1 unspecified atom stereocenters. The molecule has 0 fully saturated rings. The quantitative estimate of drug-likeness (QED) is 0.0261. The highest BCUT2D eigenvalue weighted by Gasteiger charge is 2.19. The van der Waals surface area contributed by atoms with E-state index in [1.165, 1.54) is 167 Å². The summed E-state index contributed by atoms with van der Waals surface area (Å²) in [5.41, 5.74) is 0. The molecule has 0 aliphatic heterocycles. The average Bonchev–Trinajstić information content (AvgIpc) is 3.44. The molecule has 0 rings (SSSR count). The van der Waals surface area contributed by atoms with Crippen LogP contribution >= 0.6 is 0 Å². The third kappa shape index (κ3) is 63.2. The number of ether oxygens (including phenoxy) is 3. The Morgan fingerprint density at radius 1 is 0.269 bits per heavy atom. The lowest BCUT2D eigenvalue weighted by atomic mass is 10.0. The van der Waals surface area contributed by atoms with Crippen molar-refractivity contribution in [2.24, 2.45) is 0 Å². The highest BCUT2D eigenvalue weighted by Crippen LogP contribution is 2.17. The Labute approximate surface area is 483 Å². The molecule has 0 aromatic carbocycles. The van der Waals surface area contributed by atoms with Gasteiger partial charge in [0.2, 0.25) is 0 Å². The highest BCUT2D eigenvalue weighted by molar-refractivity contribution is 5.71. The van der Waals surface area contributed by atoms with Crippen molar-refractivity contribution in [2.75, 3.05) is 13.2 Å². The van der Waals surface area contributed by atoms with E-state index in [9.17, 15) is 14.4 Å². The van der Waals surface area contributed by atoms with E-state index in [-0.39, 0.29) is 31.1 Å². The zero-order valence-corrected chi connectivity index (χ0v) is 51.4. The van der Waals surface area contributed by atoms with Gasteiger partial charge in [-0.2, -0.15) is 0 Å². The third-order valence-electron chi connectivity index (χ3n) is 14.3. The largest absolute Gasteiger partial charge is 0.462 e. The van der Waals surface area contributed by atoms with Gasteiger partial charge in [0.05, 0.1) is 0 Å². The Morgan fingerprint density at radius 3 is 0.782 bits per heavy atom. The van der Waals surface area contributed by atoms with Gasteiger partial charge >= 0.3 is 17.9 Å². The number of hydrogen-bond donors (Lipinski definition) is 0. The van der Waals surface area contributed by atoms with Crippen LogP contribution in [0.3, 0.4) is 0 Å². The summed E-state index contributed by atoms with van der Waals surface area (Å²) in [4.78, 5) is 38.4. The van der Waals surface area contributed by atoms with Crippen LogP contribution in [-0.4, -0.2) is 37.2 Å². The maximum Gasteiger partial charge on any atom is 0.306 e. The summed E-state index contributed by atoms with van der Waals surface area (Å²) in [6, 6.07) is 0. The van der Waals surface area contributed by atoms with Gasteiger partial charge in [0.1, 0.15) is 13.2 Å². The van der Waals surface area contributed by atoms with Gasteiger partial charge < -0.3 is 14.2 Å². The van der Waals surface area contributed by atoms with Crippen LogP contribution in [0.25, 0.3) is 0 Å². The second-order valence-electron chi connectivity index (χ2n) is 22.0. The Hall–Kier alpha value is -3.67. The van der Waals surface area contributed by atoms with Crippen LogP contribution in [0.2, 0.25) is 0 Å². The topological polar surface area (TPSA) is 78.9 Å². The summed E-state index contributed by atoms with van der Waals surface area (Å²) >= 11 is 0. The maximum absolute atomic E-state index is 12.9. The fourth-order valence-corrected chi connectivity index (χ4v) is 9.43. The number of unbranched alkanes of at least 4 members (excludes halogenated alkanes) is 33. The SMILES string of the molecule is CC/C=C\C/C=C\C/C=C\C/C=C\CCCCCCCCCCCCC(=O)OCC(COC(=O)CCCCCCCCCCCCCCCCCC)OC(=O)CCCCCCCCCC/C=C\C/C=C\C/C=C\C/C=C\CC. The normalized spacial score (nSPS) is 12.7. The predicted molar refractivity (Wildman–Crippen MR) is 339 cm³/mol. The minimum atomic E-state index is -0.785. The number of carbonyl (C=O) groups excluding carboxylic acids is 3. The van der Waals surface area contributed by atoms with Crippen molar-refractivity contribution in [1.82, 2.24) is 0 Å². The van der Waals surface area contributed by atoms with Gasteiger partial charge in [0.25, 0.3) is 0 Å². The lowest BCUT2D eigenvalue weighted by Gasteiger charge is -2.18. The summed E-state index contributed by atoms with van der Waals surface area (Å²) in [6.45, 7) is 6.45. The molecule has 0 spiro atoms. The molecule has 0 bridgehead atoms. The summed E-state index contributed by atoms with van der Waals surface area (Å²) in [7, 11) is 0. The molecule has 0 aliphatic carbocycles. The van der Waals surface area contributed by atoms with Crippen LogP contribution in [0.5, 0.6) is 0 Å². The molecule has 448 valence electrons. The Balaban J connectivity index is 4.37. The Kier molecular flexibility index (Phi) is 62.7. The van der Waals surface area contributed by atoms with Crippen LogP contribution in [0.4, 0.5) is 0 Å². The van der Waals surface area contributed by atoms with E-state index in [0.29, 0.717) is 19.3 Å². The second kappa shape index (κ2) is 65.8. The molecule has 6 nitrogen and oxygen atoms in total. The van der Waals surface area contributed by atoms with Crippen LogP contribution < -0.4 is 0 Å². The number of rotatable bonds is 60. The first-order valence-electron chi connectivity index (χ1n) is 33.2. The van der Waals surface area contributed by atoms with E-state index in [0.717, 1.165) is 116 Å². The maximum atomic E-state index is 12.9. The van der Waals surface area contributed by atoms with Gasteiger partial charge in [0.15, 0.2) is 6.10 Å². The zero-order chi connectivity index (χ0) is 56.4. The van der Waals surface area contributed by atoms with Crippen molar-refractivity contribution in [3.63, 3.8) is 0 Å². The van der Waals surface area contributed by atoms with Crippen molar-refractivity contribution < 1.29 is 28.6 Å². The molecule has 1 atom stereocenters. The van der Waals surface area contributed by atoms with Gasteiger partial charge in [-0.15, -0.1) is 0 Å². The van der Waals surface area contributed by atoms with E-state index in [1.807, 2.05) is 0 Å². The summed E-state index contributed by atoms with van der Waals surface area (Å²) in [6.07, 6.45) is 88.4. The number of allylic oxidation sites excluding steroid dienone is 16. The lowest BCUT2D eigenvalue weighted by molar-refractivity contribution is -0.167. The molecule has 0 aromatic heterocycles. The molecule has 0 aromatic rings.